The number of aryl methyl sites for hydroxylation is 3. The molecule has 0 amide bonds. The zero-order valence-corrected chi connectivity index (χ0v) is 8.22. The zero-order chi connectivity index (χ0) is 9.80. The summed E-state index contributed by atoms with van der Waals surface area (Å²) in [5, 5.41) is 0. The molecule has 2 rings (SSSR count). The van der Waals surface area contributed by atoms with E-state index < -0.39 is 0 Å². The molecule has 0 radical (unpaired) electrons. The van der Waals surface area contributed by atoms with Crippen LogP contribution >= 0.6 is 0 Å². The number of hydrogen-bond donors (Lipinski definition) is 0. The van der Waals surface area contributed by atoms with Crippen molar-refractivity contribution in [3.63, 3.8) is 0 Å². The largest absolute Gasteiger partial charge is 0.335 e. The Kier molecular flexibility index (Phi) is 2.58. The molecular formula is C11H13N3. The molecule has 0 atom stereocenters. The molecule has 0 bridgehead atoms. The third-order valence-corrected chi connectivity index (χ3v) is 2.26. The predicted molar refractivity (Wildman–Crippen MR) is 54.9 cm³/mol. The summed E-state index contributed by atoms with van der Waals surface area (Å²) in [6, 6.07) is 6.00. The Bertz CT molecular complexity index is 392. The van der Waals surface area contributed by atoms with Gasteiger partial charge < -0.3 is 4.57 Å². The lowest BCUT2D eigenvalue weighted by atomic mass is 10.3. The van der Waals surface area contributed by atoms with Crippen LogP contribution in [0.25, 0.3) is 0 Å². The van der Waals surface area contributed by atoms with Gasteiger partial charge in [-0.3, -0.25) is 4.98 Å². The van der Waals surface area contributed by atoms with Crippen molar-refractivity contribution in [3.05, 3.63) is 48.3 Å². The average Bonchev–Trinajstić information content (AvgIpc) is 2.63. The van der Waals surface area contributed by atoms with Gasteiger partial charge in [-0.15, -0.1) is 0 Å². The second-order valence-electron chi connectivity index (χ2n) is 3.24. The molecule has 3 heteroatoms. The summed E-state index contributed by atoms with van der Waals surface area (Å²) in [6.07, 6.45) is 6.61. The third kappa shape index (κ3) is 1.99. The second kappa shape index (κ2) is 4.05. The van der Waals surface area contributed by atoms with Crippen LogP contribution in [0.1, 0.15) is 11.5 Å². The molecule has 0 spiro atoms. The second-order valence-corrected chi connectivity index (χ2v) is 3.24. The van der Waals surface area contributed by atoms with Crippen molar-refractivity contribution in [3.8, 4) is 0 Å². The van der Waals surface area contributed by atoms with E-state index in [0.29, 0.717) is 0 Å². The van der Waals surface area contributed by atoms with Crippen LogP contribution in [0.3, 0.4) is 0 Å². The molecule has 0 aliphatic heterocycles. The molecule has 2 heterocycles. The van der Waals surface area contributed by atoms with Crippen LogP contribution in [0.4, 0.5) is 0 Å². The van der Waals surface area contributed by atoms with Crippen molar-refractivity contribution < 1.29 is 0 Å². The van der Waals surface area contributed by atoms with Crippen LogP contribution in [-0.4, -0.2) is 14.5 Å². The van der Waals surface area contributed by atoms with Crippen molar-refractivity contribution in [2.24, 2.45) is 0 Å². The summed E-state index contributed by atoms with van der Waals surface area (Å²) in [7, 11) is 0. The fourth-order valence-electron chi connectivity index (χ4n) is 1.42. The van der Waals surface area contributed by atoms with E-state index >= 15 is 0 Å². The van der Waals surface area contributed by atoms with Crippen molar-refractivity contribution in [1.82, 2.24) is 14.5 Å². The molecule has 14 heavy (non-hydrogen) atoms. The molecule has 0 saturated carbocycles. The molecule has 72 valence electrons. The normalized spacial score (nSPS) is 10.4. The van der Waals surface area contributed by atoms with Gasteiger partial charge in [0.1, 0.15) is 5.82 Å². The highest BCUT2D eigenvalue weighted by Gasteiger charge is 1.97. The van der Waals surface area contributed by atoms with E-state index in [1.807, 2.05) is 43.7 Å². The molecule has 0 aliphatic rings. The minimum absolute atomic E-state index is 0.947. The molecule has 0 N–H and O–H groups in total. The number of aromatic nitrogens is 3. The van der Waals surface area contributed by atoms with E-state index in [-0.39, 0.29) is 0 Å². The molecule has 0 saturated heterocycles. The number of hydrogen-bond acceptors (Lipinski definition) is 2. The molecule has 3 nitrogen and oxygen atoms in total. The maximum Gasteiger partial charge on any atom is 0.105 e. The number of pyridine rings is 1. The van der Waals surface area contributed by atoms with Crippen molar-refractivity contribution in [2.75, 3.05) is 0 Å². The van der Waals surface area contributed by atoms with Crippen molar-refractivity contribution in [1.29, 1.82) is 0 Å². The summed E-state index contributed by atoms with van der Waals surface area (Å²) in [5.41, 5.74) is 1.13. The summed E-state index contributed by atoms with van der Waals surface area (Å²) < 4.78 is 2.13. The van der Waals surface area contributed by atoms with E-state index in [2.05, 4.69) is 14.5 Å². The molecule has 0 aromatic carbocycles. The summed E-state index contributed by atoms with van der Waals surface area (Å²) in [5.74, 6) is 1.06. The number of imidazole rings is 1. The highest BCUT2D eigenvalue weighted by molar-refractivity contribution is 5.03. The smallest absolute Gasteiger partial charge is 0.105 e. The molecule has 0 aliphatic carbocycles. The van der Waals surface area contributed by atoms with E-state index in [1.165, 1.54) is 0 Å². The van der Waals surface area contributed by atoms with Crippen LogP contribution < -0.4 is 0 Å². The van der Waals surface area contributed by atoms with Gasteiger partial charge in [0.05, 0.1) is 0 Å². The van der Waals surface area contributed by atoms with Gasteiger partial charge in [-0.2, -0.15) is 0 Å². The molecule has 2 aromatic rings. The minimum atomic E-state index is 0.947. The van der Waals surface area contributed by atoms with Crippen molar-refractivity contribution in [2.45, 2.75) is 19.9 Å². The first-order valence-corrected chi connectivity index (χ1v) is 4.74. The Balaban J connectivity index is 1.99. The Morgan fingerprint density at radius 1 is 1.21 bits per heavy atom. The SMILES string of the molecule is Cc1nccn1CCc1ccccn1. The fraction of sp³-hybridized carbons (Fsp3) is 0.273. The molecule has 0 fully saturated rings. The first-order valence-electron chi connectivity index (χ1n) is 4.74. The standard InChI is InChI=1S/C11H13N3/c1-10-12-7-9-14(10)8-5-11-4-2-3-6-13-11/h2-4,6-7,9H,5,8H2,1H3. The fourth-order valence-corrected chi connectivity index (χ4v) is 1.42. The van der Waals surface area contributed by atoms with Crippen LogP contribution in [0.15, 0.2) is 36.8 Å². The molecule has 2 aromatic heterocycles. The summed E-state index contributed by atoms with van der Waals surface area (Å²) >= 11 is 0. The van der Waals surface area contributed by atoms with Gasteiger partial charge in [-0.1, -0.05) is 6.07 Å². The van der Waals surface area contributed by atoms with E-state index in [4.69, 9.17) is 0 Å². The zero-order valence-electron chi connectivity index (χ0n) is 8.22. The predicted octanol–water partition coefficient (Wildman–Crippen LogP) is 1.83. The van der Waals surface area contributed by atoms with E-state index in [0.717, 1.165) is 24.5 Å². The van der Waals surface area contributed by atoms with Crippen LogP contribution in [0, 0.1) is 6.92 Å². The number of rotatable bonds is 3. The highest BCUT2D eigenvalue weighted by atomic mass is 15.0. The monoisotopic (exact) mass is 187 g/mol. The van der Waals surface area contributed by atoms with Crippen molar-refractivity contribution >= 4 is 0 Å². The maximum atomic E-state index is 4.27. The minimum Gasteiger partial charge on any atom is -0.335 e. The lowest BCUT2D eigenvalue weighted by Gasteiger charge is -2.03. The highest BCUT2D eigenvalue weighted by Crippen LogP contribution is 2.00. The van der Waals surface area contributed by atoms with Crippen LogP contribution in [0.5, 0.6) is 0 Å². The Morgan fingerprint density at radius 2 is 2.14 bits per heavy atom. The summed E-state index contributed by atoms with van der Waals surface area (Å²) in [4.78, 5) is 8.45. The van der Waals surface area contributed by atoms with Gasteiger partial charge in [0.25, 0.3) is 0 Å². The van der Waals surface area contributed by atoms with Gasteiger partial charge >= 0.3 is 0 Å². The van der Waals surface area contributed by atoms with E-state index in [1.54, 1.807) is 0 Å². The quantitative estimate of drug-likeness (QED) is 0.734. The Hall–Kier alpha value is -1.64. The van der Waals surface area contributed by atoms with Gasteiger partial charge in [-0.05, 0) is 19.1 Å². The van der Waals surface area contributed by atoms with Crippen LogP contribution in [0.2, 0.25) is 0 Å². The van der Waals surface area contributed by atoms with Gasteiger partial charge in [0, 0.05) is 37.3 Å². The number of nitrogens with zero attached hydrogens (tertiary/aromatic N) is 3. The van der Waals surface area contributed by atoms with Gasteiger partial charge in [0.15, 0.2) is 0 Å². The Labute approximate surface area is 83.4 Å². The van der Waals surface area contributed by atoms with E-state index in [9.17, 15) is 0 Å². The average molecular weight is 187 g/mol. The Morgan fingerprint density at radius 3 is 2.79 bits per heavy atom. The molecule has 0 unspecified atom stereocenters. The summed E-state index contributed by atoms with van der Waals surface area (Å²) in [6.45, 7) is 2.96. The first kappa shape index (κ1) is 8.94. The van der Waals surface area contributed by atoms with Gasteiger partial charge in [-0.25, -0.2) is 4.98 Å². The lowest BCUT2D eigenvalue weighted by Crippen LogP contribution is -2.03. The van der Waals surface area contributed by atoms with Gasteiger partial charge in [0.2, 0.25) is 0 Å². The maximum absolute atomic E-state index is 4.27. The first-order chi connectivity index (χ1) is 6.86. The topological polar surface area (TPSA) is 30.7 Å². The molecular weight excluding hydrogens is 174 g/mol. The lowest BCUT2D eigenvalue weighted by molar-refractivity contribution is 0.664. The van der Waals surface area contributed by atoms with Crippen LogP contribution in [-0.2, 0) is 13.0 Å². The third-order valence-electron chi connectivity index (χ3n) is 2.26.